The van der Waals surface area contributed by atoms with Gasteiger partial charge in [-0.3, -0.25) is 10.1 Å². The summed E-state index contributed by atoms with van der Waals surface area (Å²) in [5, 5.41) is 14.2. The molecule has 0 spiro atoms. The Bertz CT molecular complexity index is 382. The van der Waals surface area contributed by atoms with Gasteiger partial charge in [-0.15, -0.1) is 11.8 Å². The third-order valence-electron chi connectivity index (χ3n) is 1.82. The summed E-state index contributed by atoms with van der Waals surface area (Å²) < 4.78 is 0. The summed E-state index contributed by atoms with van der Waals surface area (Å²) in [5.74, 6) is 1.96. The maximum atomic E-state index is 10.7. The van der Waals surface area contributed by atoms with Gasteiger partial charge in [-0.1, -0.05) is 13.8 Å². The molecule has 0 saturated heterocycles. The van der Waals surface area contributed by atoms with Crippen LogP contribution in [-0.2, 0) is 0 Å². The lowest BCUT2D eigenvalue weighted by atomic mass is 10.3. The molecule has 5 nitrogen and oxygen atoms in total. The molecule has 1 N–H and O–H groups in total. The zero-order valence-corrected chi connectivity index (χ0v) is 10.4. The number of thioether (sulfide) groups is 1. The first-order chi connectivity index (χ1) is 7.52. The van der Waals surface area contributed by atoms with Crippen molar-refractivity contribution in [3.63, 3.8) is 0 Å². The normalized spacial score (nSPS) is 10.5. The second kappa shape index (κ2) is 5.69. The van der Waals surface area contributed by atoms with Gasteiger partial charge < -0.3 is 5.32 Å². The summed E-state index contributed by atoms with van der Waals surface area (Å²) in [6, 6.07) is 2.94. The second-order valence-corrected chi connectivity index (χ2v) is 4.80. The number of nitrogens with one attached hydrogen (secondary N) is 1. The Labute approximate surface area is 98.8 Å². The van der Waals surface area contributed by atoms with Gasteiger partial charge in [0.25, 0.3) is 5.69 Å². The monoisotopic (exact) mass is 241 g/mol. The van der Waals surface area contributed by atoms with Crippen molar-refractivity contribution in [2.75, 3.05) is 18.1 Å². The Morgan fingerprint density at radius 2 is 2.25 bits per heavy atom. The first-order valence-electron chi connectivity index (χ1n) is 5.00. The first kappa shape index (κ1) is 12.8. The molecular weight excluding hydrogens is 226 g/mol. The number of nitrogens with zero attached hydrogens (tertiary/aromatic N) is 2. The molecule has 0 unspecified atom stereocenters. The average molecular weight is 241 g/mol. The van der Waals surface area contributed by atoms with E-state index in [1.54, 1.807) is 7.05 Å². The smallest absolute Gasteiger partial charge is 0.275 e. The fourth-order valence-electron chi connectivity index (χ4n) is 1.05. The van der Waals surface area contributed by atoms with Crippen LogP contribution in [0.25, 0.3) is 0 Å². The van der Waals surface area contributed by atoms with Crippen LogP contribution >= 0.6 is 11.8 Å². The minimum absolute atomic E-state index is 0.0746. The molecule has 0 aliphatic heterocycles. The molecule has 0 aromatic carbocycles. The van der Waals surface area contributed by atoms with E-state index in [1.807, 2.05) is 0 Å². The minimum atomic E-state index is -0.401. The Balaban J connectivity index is 2.90. The molecule has 0 atom stereocenters. The first-order valence-corrected chi connectivity index (χ1v) is 5.98. The maximum absolute atomic E-state index is 10.7. The molecule has 0 fully saturated rings. The van der Waals surface area contributed by atoms with Crippen molar-refractivity contribution in [2.45, 2.75) is 18.9 Å². The molecule has 1 rings (SSSR count). The van der Waals surface area contributed by atoms with Gasteiger partial charge >= 0.3 is 0 Å². The lowest BCUT2D eigenvalue weighted by Crippen LogP contribution is -1.98. The lowest BCUT2D eigenvalue weighted by Gasteiger charge is -2.06. The predicted octanol–water partition coefficient (Wildman–Crippen LogP) is 2.78. The molecule has 0 radical (unpaired) electrons. The van der Waals surface area contributed by atoms with E-state index in [9.17, 15) is 10.1 Å². The largest absolute Gasteiger partial charge is 0.373 e. The van der Waals surface area contributed by atoms with Crippen LogP contribution in [0.5, 0.6) is 0 Å². The highest BCUT2D eigenvalue weighted by atomic mass is 32.2. The molecule has 6 heteroatoms. The fourth-order valence-corrected chi connectivity index (χ4v) is 1.92. The molecule has 0 aliphatic carbocycles. The van der Waals surface area contributed by atoms with E-state index in [0.29, 0.717) is 16.8 Å². The Kier molecular flexibility index (Phi) is 4.54. The summed E-state index contributed by atoms with van der Waals surface area (Å²) in [6.45, 7) is 4.20. The lowest BCUT2D eigenvalue weighted by molar-refractivity contribution is -0.385. The Morgan fingerprint density at radius 1 is 1.56 bits per heavy atom. The van der Waals surface area contributed by atoms with Crippen molar-refractivity contribution >= 4 is 23.3 Å². The third kappa shape index (κ3) is 3.69. The van der Waals surface area contributed by atoms with Crippen LogP contribution in [-0.4, -0.2) is 22.7 Å². The number of aromatic nitrogens is 1. The molecule has 88 valence electrons. The van der Waals surface area contributed by atoms with E-state index in [2.05, 4.69) is 24.1 Å². The van der Waals surface area contributed by atoms with Crippen LogP contribution in [0, 0.1) is 16.0 Å². The second-order valence-electron chi connectivity index (χ2n) is 3.76. The molecule has 0 aliphatic rings. The topological polar surface area (TPSA) is 68.1 Å². The van der Waals surface area contributed by atoms with E-state index in [-0.39, 0.29) is 5.69 Å². The van der Waals surface area contributed by atoms with Gasteiger partial charge in [0.1, 0.15) is 10.8 Å². The van der Waals surface area contributed by atoms with Crippen molar-refractivity contribution < 1.29 is 4.92 Å². The molecule has 1 heterocycles. The van der Waals surface area contributed by atoms with E-state index in [0.717, 1.165) is 5.75 Å². The van der Waals surface area contributed by atoms with E-state index < -0.39 is 4.92 Å². The summed E-state index contributed by atoms with van der Waals surface area (Å²) >= 11 is 1.53. The molecule has 1 aromatic heterocycles. The van der Waals surface area contributed by atoms with Crippen molar-refractivity contribution in [1.29, 1.82) is 0 Å². The van der Waals surface area contributed by atoms with Gasteiger partial charge in [0.05, 0.1) is 11.0 Å². The Hall–Kier alpha value is -1.30. The van der Waals surface area contributed by atoms with E-state index >= 15 is 0 Å². The summed E-state index contributed by atoms with van der Waals surface area (Å²) in [4.78, 5) is 14.6. The third-order valence-corrected chi connectivity index (χ3v) is 3.16. The number of rotatable bonds is 5. The number of hydrogen-bond acceptors (Lipinski definition) is 5. The minimum Gasteiger partial charge on any atom is -0.373 e. The van der Waals surface area contributed by atoms with Gasteiger partial charge in [-0.2, -0.15) is 0 Å². The number of nitro groups is 1. The van der Waals surface area contributed by atoms with Crippen LogP contribution in [0.1, 0.15) is 13.8 Å². The Morgan fingerprint density at radius 3 is 2.75 bits per heavy atom. The van der Waals surface area contributed by atoms with Crippen molar-refractivity contribution in [2.24, 2.45) is 5.92 Å². The van der Waals surface area contributed by atoms with E-state index in [1.165, 1.54) is 23.9 Å². The summed E-state index contributed by atoms with van der Waals surface area (Å²) in [6.07, 6.45) is 0. The number of pyridine rings is 1. The standard InChI is InChI=1S/C10H15N3O2S/c1-7(2)6-16-10-5-8(13(14)15)4-9(11-3)12-10/h4-5,7H,6H2,1-3H3,(H,11,12). The van der Waals surface area contributed by atoms with Crippen molar-refractivity contribution in [3.8, 4) is 0 Å². The van der Waals surface area contributed by atoms with Crippen LogP contribution in [0.2, 0.25) is 0 Å². The van der Waals surface area contributed by atoms with E-state index in [4.69, 9.17) is 0 Å². The average Bonchev–Trinajstić information content (AvgIpc) is 2.25. The predicted molar refractivity (Wildman–Crippen MR) is 66.0 cm³/mol. The molecule has 1 aromatic rings. The van der Waals surface area contributed by atoms with Crippen LogP contribution in [0.4, 0.5) is 11.5 Å². The number of anilines is 1. The molecule has 0 saturated carbocycles. The van der Waals surface area contributed by atoms with Crippen LogP contribution in [0.15, 0.2) is 17.2 Å². The highest BCUT2D eigenvalue weighted by Crippen LogP contribution is 2.25. The van der Waals surface area contributed by atoms with Crippen molar-refractivity contribution in [3.05, 3.63) is 22.2 Å². The quantitative estimate of drug-likeness (QED) is 0.487. The van der Waals surface area contributed by atoms with Crippen LogP contribution in [0.3, 0.4) is 0 Å². The zero-order chi connectivity index (χ0) is 12.1. The van der Waals surface area contributed by atoms with Gasteiger partial charge in [-0.25, -0.2) is 4.98 Å². The zero-order valence-electron chi connectivity index (χ0n) is 9.56. The summed E-state index contributed by atoms with van der Waals surface area (Å²) in [5.41, 5.74) is 0.0746. The van der Waals surface area contributed by atoms with Gasteiger partial charge in [-0.05, 0) is 5.92 Å². The molecule has 0 amide bonds. The van der Waals surface area contributed by atoms with Gasteiger partial charge in [0, 0.05) is 18.9 Å². The molecule has 16 heavy (non-hydrogen) atoms. The van der Waals surface area contributed by atoms with Crippen molar-refractivity contribution in [1.82, 2.24) is 4.98 Å². The van der Waals surface area contributed by atoms with Crippen LogP contribution < -0.4 is 5.32 Å². The van der Waals surface area contributed by atoms with Gasteiger partial charge in [0.2, 0.25) is 0 Å². The highest BCUT2D eigenvalue weighted by Gasteiger charge is 2.11. The molecular formula is C10H15N3O2S. The van der Waals surface area contributed by atoms with Gasteiger partial charge in [0.15, 0.2) is 0 Å². The summed E-state index contributed by atoms with van der Waals surface area (Å²) in [7, 11) is 1.70. The molecule has 0 bridgehead atoms. The number of hydrogen-bond donors (Lipinski definition) is 1. The maximum Gasteiger partial charge on any atom is 0.275 e. The highest BCUT2D eigenvalue weighted by molar-refractivity contribution is 7.99. The SMILES string of the molecule is CNc1cc([N+](=O)[O-])cc(SCC(C)C)n1. The fraction of sp³-hybridized carbons (Fsp3) is 0.500.